The molecule has 5 heterocycles. The molecule has 0 amide bonds. The van der Waals surface area contributed by atoms with Gasteiger partial charge in [0.15, 0.2) is 5.65 Å². The molecule has 0 spiro atoms. The van der Waals surface area contributed by atoms with E-state index in [2.05, 4.69) is 40.7 Å². The molecule has 1 aliphatic carbocycles. The van der Waals surface area contributed by atoms with E-state index in [1.54, 1.807) is 10.7 Å². The van der Waals surface area contributed by atoms with Gasteiger partial charge in [0.1, 0.15) is 5.82 Å². The number of rotatable bonds is 6. The summed E-state index contributed by atoms with van der Waals surface area (Å²) >= 11 is 0. The van der Waals surface area contributed by atoms with Crippen molar-refractivity contribution >= 4 is 22.6 Å². The first-order valence-electron chi connectivity index (χ1n) is 12.5. The average molecular weight is 498 g/mol. The zero-order valence-electron chi connectivity index (χ0n) is 20.1. The van der Waals surface area contributed by atoms with Gasteiger partial charge in [-0.1, -0.05) is 0 Å². The van der Waals surface area contributed by atoms with Gasteiger partial charge in [-0.15, -0.1) is 5.10 Å². The number of aromatic nitrogens is 6. The number of halogens is 2. The van der Waals surface area contributed by atoms with Gasteiger partial charge in [-0.2, -0.15) is 8.78 Å². The highest BCUT2D eigenvalue weighted by Crippen LogP contribution is 2.32. The quantitative estimate of drug-likeness (QED) is 0.411. The first-order valence-corrected chi connectivity index (χ1v) is 12.5. The Bertz CT molecular complexity index is 1360. The predicted octanol–water partition coefficient (Wildman–Crippen LogP) is 4.76. The van der Waals surface area contributed by atoms with Crippen molar-refractivity contribution in [3.05, 3.63) is 36.5 Å². The van der Waals surface area contributed by atoms with E-state index in [-0.39, 0.29) is 12.1 Å². The molecule has 0 radical (unpaired) electrons. The summed E-state index contributed by atoms with van der Waals surface area (Å²) in [7, 11) is 0. The molecule has 0 unspecified atom stereocenters. The van der Waals surface area contributed by atoms with Crippen LogP contribution in [-0.4, -0.2) is 61.1 Å². The Morgan fingerprint density at radius 1 is 1.06 bits per heavy atom. The summed E-state index contributed by atoms with van der Waals surface area (Å²) in [5.74, 6) is 1.49. The normalized spacial score (nSPS) is 21.6. The summed E-state index contributed by atoms with van der Waals surface area (Å²) in [6.45, 7) is 0.848. The molecule has 0 atom stereocenters. The Morgan fingerprint density at radius 3 is 2.64 bits per heavy atom. The topological polar surface area (TPSA) is 91.4 Å². The van der Waals surface area contributed by atoms with Crippen molar-refractivity contribution in [1.29, 1.82) is 0 Å². The van der Waals surface area contributed by atoms with Gasteiger partial charge in [-0.3, -0.25) is 0 Å². The third kappa shape index (κ3) is 4.53. The van der Waals surface area contributed by atoms with Crippen LogP contribution in [0.25, 0.3) is 27.8 Å². The molecule has 4 aromatic heterocycles. The number of ether oxygens (including phenoxy) is 2. The molecule has 36 heavy (non-hydrogen) atoms. The Hall–Kier alpha value is -3.18. The van der Waals surface area contributed by atoms with Gasteiger partial charge >= 0.3 is 6.61 Å². The second-order valence-corrected chi connectivity index (χ2v) is 9.60. The Balaban J connectivity index is 1.23. The Kier molecular flexibility index (Phi) is 6.26. The van der Waals surface area contributed by atoms with Gasteiger partial charge in [0.25, 0.3) is 0 Å². The van der Waals surface area contributed by atoms with Gasteiger partial charge in [0.2, 0.25) is 5.95 Å². The second-order valence-electron chi connectivity index (χ2n) is 9.60. The van der Waals surface area contributed by atoms with E-state index in [1.807, 2.05) is 25.4 Å². The summed E-state index contributed by atoms with van der Waals surface area (Å²) in [6, 6.07) is 4.67. The third-order valence-electron chi connectivity index (χ3n) is 7.31. The van der Waals surface area contributed by atoms with Crippen LogP contribution in [0.4, 0.5) is 14.7 Å². The van der Waals surface area contributed by atoms with Gasteiger partial charge in [-0.05, 0) is 57.6 Å². The minimum Gasteiger partial charge on any atom is -0.381 e. The molecule has 2 aliphatic rings. The lowest BCUT2D eigenvalue weighted by atomic mass is 9.93. The van der Waals surface area contributed by atoms with Crippen molar-refractivity contribution in [3.63, 3.8) is 0 Å². The van der Waals surface area contributed by atoms with Crippen molar-refractivity contribution in [3.8, 4) is 11.1 Å². The molecule has 9 nitrogen and oxygen atoms in total. The fourth-order valence-corrected chi connectivity index (χ4v) is 5.52. The summed E-state index contributed by atoms with van der Waals surface area (Å²) in [6.07, 6.45) is 9.79. The van der Waals surface area contributed by atoms with E-state index in [0.717, 1.165) is 72.5 Å². The van der Waals surface area contributed by atoms with Crippen molar-refractivity contribution in [2.75, 3.05) is 18.5 Å². The number of fused-ring (bicyclic) bond motifs is 2. The number of nitrogens with zero attached hydrogens (tertiary/aromatic N) is 6. The molecule has 4 aromatic rings. The minimum atomic E-state index is -2.71. The first kappa shape index (κ1) is 23.2. The smallest absolute Gasteiger partial charge is 0.345 e. The summed E-state index contributed by atoms with van der Waals surface area (Å²) in [5.41, 5.74) is 4.65. The zero-order valence-corrected chi connectivity index (χ0v) is 20.1. The van der Waals surface area contributed by atoms with E-state index in [0.29, 0.717) is 24.8 Å². The average Bonchev–Trinajstić information content (AvgIpc) is 3.44. The number of aryl methyl sites for hydroxylation is 1. The number of hydrogen-bond acceptors (Lipinski definition) is 7. The largest absolute Gasteiger partial charge is 0.381 e. The van der Waals surface area contributed by atoms with Crippen LogP contribution in [0.5, 0.6) is 0 Å². The summed E-state index contributed by atoms with van der Waals surface area (Å²) in [4.78, 5) is 13.9. The van der Waals surface area contributed by atoms with Gasteiger partial charge in [0, 0.05) is 48.8 Å². The number of pyridine rings is 1. The van der Waals surface area contributed by atoms with Gasteiger partial charge < -0.3 is 19.4 Å². The van der Waals surface area contributed by atoms with Crippen LogP contribution < -0.4 is 5.32 Å². The minimum absolute atomic E-state index is 0.135. The molecular formula is C25H29F2N7O2. The van der Waals surface area contributed by atoms with Crippen LogP contribution in [-0.2, 0) is 9.47 Å². The second kappa shape index (κ2) is 9.70. The monoisotopic (exact) mass is 497 g/mol. The fraction of sp³-hybridized carbons (Fsp3) is 0.520. The molecular weight excluding hydrogens is 468 g/mol. The molecule has 1 aliphatic heterocycles. The lowest BCUT2D eigenvalue weighted by Gasteiger charge is -2.28. The van der Waals surface area contributed by atoms with Crippen LogP contribution in [0.2, 0.25) is 0 Å². The van der Waals surface area contributed by atoms with E-state index >= 15 is 0 Å². The standard InChI is InChI=1S/C25H29F2N7O2/c1-15-30-23-21(34(15)18-7-10-35-11-8-18)12-16(13-28-23)20-6-9-33-22(20)14-29-25(32-33)31-17-2-4-19(5-3-17)36-24(26)27/h6,9,12-14,17-19,24H,2-5,7-8,10-11H2,1H3,(H,31,32)/t17-,19+. The van der Waals surface area contributed by atoms with E-state index in [9.17, 15) is 8.78 Å². The van der Waals surface area contributed by atoms with E-state index < -0.39 is 6.61 Å². The number of imidazole rings is 1. The number of anilines is 1. The third-order valence-corrected chi connectivity index (χ3v) is 7.31. The van der Waals surface area contributed by atoms with E-state index in [4.69, 9.17) is 4.74 Å². The Morgan fingerprint density at radius 2 is 1.86 bits per heavy atom. The summed E-state index contributed by atoms with van der Waals surface area (Å²) in [5, 5.41) is 7.98. The first-order chi connectivity index (χ1) is 17.5. The van der Waals surface area contributed by atoms with Crippen LogP contribution in [0.15, 0.2) is 30.7 Å². The molecule has 1 saturated carbocycles. The van der Waals surface area contributed by atoms with Crippen molar-refractivity contribution < 1.29 is 18.3 Å². The van der Waals surface area contributed by atoms with Crippen molar-refractivity contribution in [2.45, 2.75) is 70.2 Å². The number of alkyl halides is 2. The van der Waals surface area contributed by atoms with Crippen LogP contribution in [0.3, 0.4) is 0 Å². The Labute approximate surface area is 206 Å². The molecule has 1 saturated heterocycles. The number of hydrogen-bond donors (Lipinski definition) is 1. The maximum atomic E-state index is 12.4. The molecule has 0 aromatic carbocycles. The highest BCUT2D eigenvalue weighted by Gasteiger charge is 2.25. The van der Waals surface area contributed by atoms with Crippen LogP contribution in [0, 0.1) is 6.92 Å². The highest BCUT2D eigenvalue weighted by molar-refractivity contribution is 5.85. The maximum absolute atomic E-state index is 12.4. The van der Waals surface area contributed by atoms with Gasteiger partial charge in [-0.25, -0.2) is 19.5 Å². The molecule has 11 heteroatoms. The lowest BCUT2D eigenvalue weighted by molar-refractivity contribution is -0.169. The molecule has 0 bridgehead atoms. The highest BCUT2D eigenvalue weighted by atomic mass is 19.3. The predicted molar refractivity (Wildman–Crippen MR) is 130 cm³/mol. The molecule has 6 rings (SSSR count). The van der Waals surface area contributed by atoms with Crippen LogP contribution >= 0.6 is 0 Å². The SMILES string of the molecule is Cc1nc2ncc(-c3ccn4nc(N[C@H]5CC[C@@H](OC(F)F)CC5)ncc34)cc2n1C1CCOCC1. The summed E-state index contributed by atoms with van der Waals surface area (Å²) < 4.78 is 39.2. The van der Waals surface area contributed by atoms with Crippen molar-refractivity contribution in [1.82, 2.24) is 29.1 Å². The molecule has 1 N–H and O–H groups in total. The van der Waals surface area contributed by atoms with Gasteiger partial charge in [0.05, 0.1) is 23.3 Å². The number of nitrogens with one attached hydrogen (secondary N) is 1. The lowest BCUT2D eigenvalue weighted by Crippen LogP contribution is -2.31. The van der Waals surface area contributed by atoms with Crippen LogP contribution in [0.1, 0.15) is 50.4 Å². The van der Waals surface area contributed by atoms with Crippen molar-refractivity contribution in [2.24, 2.45) is 0 Å². The maximum Gasteiger partial charge on any atom is 0.345 e. The zero-order chi connectivity index (χ0) is 24.6. The molecule has 190 valence electrons. The van der Waals surface area contributed by atoms with E-state index in [1.165, 1.54) is 0 Å². The fourth-order valence-electron chi connectivity index (χ4n) is 5.52. The molecule has 2 fully saturated rings.